The van der Waals surface area contributed by atoms with E-state index in [1.54, 1.807) is 18.6 Å². The van der Waals surface area contributed by atoms with Crippen LogP contribution >= 0.6 is 0 Å². The van der Waals surface area contributed by atoms with E-state index in [-0.39, 0.29) is 11.5 Å². The Balaban J connectivity index is 1.81. The van der Waals surface area contributed by atoms with Crippen LogP contribution in [0.3, 0.4) is 0 Å². The Morgan fingerprint density at radius 2 is 1.96 bits per heavy atom. The summed E-state index contributed by atoms with van der Waals surface area (Å²) in [7, 11) is 0. The first kappa shape index (κ1) is 17.4. The monoisotopic (exact) mass is 315 g/mol. The molecule has 1 atom stereocenters. The molecule has 23 heavy (non-hydrogen) atoms. The van der Waals surface area contributed by atoms with Gasteiger partial charge in [-0.05, 0) is 36.5 Å². The lowest BCUT2D eigenvalue weighted by atomic mass is 9.87. The van der Waals surface area contributed by atoms with Gasteiger partial charge < -0.3 is 15.2 Å². The van der Waals surface area contributed by atoms with Crippen LogP contribution in [0.2, 0.25) is 0 Å². The van der Waals surface area contributed by atoms with Gasteiger partial charge in [-0.25, -0.2) is 4.98 Å². The molecule has 0 aliphatic carbocycles. The molecule has 2 N–H and O–H groups in total. The van der Waals surface area contributed by atoms with Crippen LogP contribution in [0.15, 0.2) is 42.9 Å². The van der Waals surface area contributed by atoms with E-state index < -0.39 is 0 Å². The highest BCUT2D eigenvalue weighted by Crippen LogP contribution is 2.22. The second-order valence-corrected chi connectivity index (χ2v) is 6.61. The van der Waals surface area contributed by atoms with Crippen molar-refractivity contribution in [1.82, 2.24) is 15.3 Å². The van der Waals surface area contributed by atoms with Gasteiger partial charge in [-0.3, -0.25) is 4.98 Å². The summed E-state index contributed by atoms with van der Waals surface area (Å²) in [6.07, 6.45) is 5.30. The highest BCUT2D eigenvalue weighted by molar-refractivity contribution is 5.29. The van der Waals surface area contributed by atoms with Crippen molar-refractivity contribution in [3.05, 3.63) is 48.4 Å². The number of rotatable bonds is 8. The van der Waals surface area contributed by atoms with Crippen LogP contribution in [0.4, 0.5) is 0 Å². The first-order chi connectivity index (χ1) is 10.9. The van der Waals surface area contributed by atoms with Crippen LogP contribution in [-0.2, 0) is 6.54 Å². The maximum Gasteiger partial charge on any atom is 0.237 e. The zero-order valence-corrected chi connectivity index (χ0v) is 14.0. The fourth-order valence-electron chi connectivity index (χ4n) is 2.55. The molecule has 0 radical (unpaired) electrons. The fraction of sp³-hybridized carbons (Fsp3) is 0.444. The molecule has 2 rings (SSSR count). The minimum Gasteiger partial charge on any atom is -0.438 e. The van der Waals surface area contributed by atoms with Gasteiger partial charge in [-0.15, -0.1) is 0 Å². The van der Waals surface area contributed by atoms with E-state index in [1.807, 2.05) is 31.2 Å². The molecule has 5 heteroatoms. The Bertz CT molecular complexity index is 583. The van der Waals surface area contributed by atoms with Crippen LogP contribution in [-0.4, -0.2) is 27.7 Å². The van der Waals surface area contributed by atoms with Gasteiger partial charge in [-0.2, -0.15) is 0 Å². The summed E-state index contributed by atoms with van der Waals surface area (Å²) in [5.41, 5.74) is 1.26. The molecule has 0 aliphatic rings. The molecule has 1 aromatic heterocycles. The highest BCUT2D eigenvalue weighted by Gasteiger charge is 2.19. The summed E-state index contributed by atoms with van der Waals surface area (Å²) in [6, 6.07) is 7.90. The van der Waals surface area contributed by atoms with Crippen molar-refractivity contribution in [1.29, 1.82) is 0 Å². The lowest BCUT2D eigenvalue weighted by Crippen LogP contribution is -2.31. The molecule has 2 aromatic rings. The Kier molecular flexibility index (Phi) is 6.07. The minimum absolute atomic E-state index is 0.0726. The highest BCUT2D eigenvalue weighted by atomic mass is 16.5. The van der Waals surface area contributed by atoms with Crippen molar-refractivity contribution in [2.75, 3.05) is 6.54 Å². The number of aliphatic hydroxyl groups is 1. The molecular weight excluding hydrogens is 290 g/mol. The first-order valence-electron chi connectivity index (χ1n) is 7.86. The summed E-state index contributed by atoms with van der Waals surface area (Å²) in [6.45, 7) is 7.79. The smallest absolute Gasteiger partial charge is 0.237 e. The second kappa shape index (κ2) is 8.04. The number of hydrogen-bond acceptors (Lipinski definition) is 5. The Labute approximate surface area is 137 Å². The van der Waals surface area contributed by atoms with Gasteiger partial charge in [0, 0.05) is 25.5 Å². The van der Waals surface area contributed by atoms with Gasteiger partial charge in [-0.1, -0.05) is 26.0 Å². The number of benzene rings is 1. The summed E-state index contributed by atoms with van der Waals surface area (Å²) in [4.78, 5) is 8.05. The zero-order valence-electron chi connectivity index (χ0n) is 14.0. The third kappa shape index (κ3) is 6.34. The predicted octanol–water partition coefficient (Wildman–Crippen LogP) is 3.16. The summed E-state index contributed by atoms with van der Waals surface area (Å²) < 4.78 is 5.61. The van der Waals surface area contributed by atoms with Gasteiger partial charge in [0.1, 0.15) is 5.75 Å². The van der Waals surface area contributed by atoms with Crippen molar-refractivity contribution in [2.24, 2.45) is 5.41 Å². The summed E-state index contributed by atoms with van der Waals surface area (Å²) in [5, 5.41) is 12.9. The van der Waals surface area contributed by atoms with Crippen LogP contribution in [0.5, 0.6) is 11.6 Å². The number of nitrogens with one attached hydrogen (secondary N) is 1. The molecule has 124 valence electrons. The Hall–Kier alpha value is -1.98. The lowest BCUT2D eigenvalue weighted by molar-refractivity contribution is 0.128. The molecule has 0 fully saturated rings. The topological polar surface area (TPSA) is 67.3 Å². The number of hydrogen-bond donors (Lipinski definition) is 2. The van der Waals surface area contributed by atoms with E-state index in [2.05, 4.69) is 29.1 Å². The van der Waals surface area contributed by atoms with Gasteiger partial charge in [0.15, 0.2) is 0 Å². The molecule has 5 nitrogen and oxygen atoms in total. The standard InChI is InChI=1S/C18H25N3O2/c1-14(22)10-18(2,3)13-20-11-15-4-6-16(7-5-15)23-17-12-19-8-9-21-17/h4-9,12,14,20,22H,10-11,13H2,1-3H3. The second-order valence-electron chi connectivity index (χ2n) is 6.61. The number of aromatic nitrogens is 2. The van der Waals surface area contributed by atoms with Crippen molar-refractivity contribution < 1.29 is 9.84 Å². The molecule has 0 spiro atoms. The molecule has 0 bridgehead atoms. The van der Waals surface area contributed by atoms with E-state index in [0.29, 0.717) is 5.88 Å². The average Bonchev–Trinajstić information content (AvgIpc) is 2.48. The van der Waals surface area contributed by atoms with Crippen molar-refractivity contribution in [3.8, 4) is 11.6 Å². The van der Waals surface area contributed by atoms with Gasteiger partial charge >= 0.3 is 0 Å². The Morgan fingerprint density at radius 3 is 2.57 bits per heavy atom. The van der Waals surface area contributed by atoms with Gasteiger partial charge in [0.2, 0.25) is 5.88 Å². The van der Waals surface area contributed by atoms with Crippen LogP contribution in [0.1, 0.15) is 32.8 Å². The molecule has 1 aromatic carbocycles. The number of nitrogens with zero attached hydrogens (tertiary/aromatic N) is 2. The lowest BCUT2D eigenvalue weighted by Gasteiger charge is -2.26. The maximum absolute atomic E-state index is 9.50. The molecule has 1 unspecified atom stereocenters. The molecule has 0 aliphatic heterocycles. The van der Waals surface area contributed by atoms with Crippen molar-refractivity contribution in [3.63, 3.8) is 0 Å². The van der Waals surface area contributed by atoms with Crippen molar-refractivity contribution in [2.45, 2.75) is 39.8 Å². The average molecular weight is 315 g/mol. The molecule has 0 amide bonds. The molecule has 1 heterocycles. The van der Waals surface area contributed by atoms with Crippen molar-refractivity contribution >= 4 is 0 Å². The minimum atomic E-state index is -0.274. The van der Waals surface area contributed by atoms with E-state index in [9.17, 15) is 5.11 Å². The molecule has 0 saturated carbocycles. The SMILES string of the molecule is CC(O)CC(C)(C)CNCc1ccc(Oc2cnccn2)cc1. The van der Waals surface area contributed by atoms with Gasteiger partial charge in [0.05, 0.1) is 12.3 Å². The predicted molar refractivity (Wildman–Crippen MR) is 90.3 cm³/mol. The van der Waals surface area contributed by atoms with E-state index in [0.717, 1.165) is 25.3 Å². The number of ether oxygens (including phenoxy) is 1. The van der Waals surface area contributed by atoms with Crippen LogP contribution < -0.4 is 10.1 Å². The quantitative estimate of drug-likeness (QED) is 0.783. The fourth-order valence-corrected chi connectivity index (χ4v) is 2.55. The van der Waals surface area contributed by atoms with E-state index in [1.165, 1.54) is 5.56 Å². The van der Waals surface area contributed by atoms with Crippen LogP contribution in [0, 0.1) is 5.41 Å². The largest absolute Gasteiger partial charge is 0.438 e. The first-order valence-corrected chi connectivity index (χ1v) is 7.86. The van der Waals surface area contributed by atoms with E-state index >= 15 is 0 Å². The molecular formula is C18H25N3O2. The third-order valence-corrected chi connectivity index (χ3v) is 3.47. The normalized spacial score (nSPS) is 12.9. The van der Waals surface area contributed by atoms with Gasteiger partial charge in [0.25, 0.3) is 0 Å². The van der Waals surface area contributed by atoms with Crippen LogP contribution in [0.25, 0.3) is 0 Å². The summed E-state index contributed by atoms with van der Waals surface area (Å²) >= 11 is 0. The molecule has 0 saturated heterocycles. The maximum atomic E-state index is 9.50. The zero-order chi connectivity index (χ0) is 16.7. The van der Waals surface area contributed by atoms with E-state index in [4.69, 9.17) is 4.74 Å². The number of aliphatic hydroxyl groups excluding tert-OH is 1. The summed E-state index contributed by atoms with van der Waals surface area (Å²) in [5.74, 6) is 1.22. The Morgan fingerprint density at radius 1 is 1.22 bits per heavy atom. The third-order valence-electron chi connectivity index (χ3n) is 3.47.